The van der Waals surface area contributed by atoms with Crippen molar-refractivity contribution in [2.24, 2.45) is 0 Å². The van der Waals surface area contributed by atoms with E-state index in [4.69, 9.17) is 0 Å². The second-order valence-electron chi connectivity index (χ2n) is 8.08. The highest BCUT2D eigenvalue weighted by Crippen LogP contribution is 2.14. The van der Waals surface area contributed by atoms with Gasteiger partial charge in [-0.2, -0.15) is 0 Å². The second-order valence-corrected chi connectivity index (χ2v) is 8.08. The smallest absolute Gasteiger partial charge is 0.330 e. The molecule has 0 aliphatic heterocycles. The fourth-order valence-corrected chi connectivity index (χ4v) is 3.59. The van der Waals surface area contributed by atoms with Gasteiger partial charge in [0.25, 0.3) is 0 Å². The summed E-state index contributed by atoms with van der Waals surface area (Å²) in [5, 5.41) is 0. The third-order valence-corrected chi connectivity index (χ3v) is 5.43. The van der Waals surface area contributed by atoms with Crippen LogP contribution in [0.15, 0.2) is 12.2 Å². The standard InChI is InChI=1S/C25H48O2/c1-3-4-5-6-7-8-9-10-11-12-13-14-15-16-17-18-19-20-21-22-23-24-25(26)27-2/h23-24H,3-22H2,1-2H3. The molecule has 0 aromatic heterocycles. The van der Waals surface area contributed by atoms with Crippen molar-refractivity contribution in [3.05, 3.63) is 12.2 Å². The lowest BCUT2D eigenvalue weighted by atomic mass is 10.0. The predicted molar refractivity (Wildman–Crippen MR) is 119 cm³/mol. The molecule has 0 aliphatic rings. The van der Waals surface area contributed by atoms with Crippen LogP contribution in [0.25, 0.3) is 0 Å². The summed E-state index contributed by atoms with van der Waals surface area (Å²) < 4.78 is 4.57. The molecule has 0 radical (unpaired) electrons. The number of esters is 1. The summed E-state index contributed by atoms with van der Waals surface area (Å²) in [7, 11) is 1.42. The molecule has 0 saturated carbocycles. The summed E-state index contributed by atoms with van der Waals surface area (Å²) in [6.45, 7) is 2.29. The monoisotopic (exact) mass is 380 g/mol. The van der Waals surface area contributed by atoms with E-state index in [9.17, 15) is 4.79 Å². The molecular weight excluding hydrogens is 332 g/mol. The van der Waals surface area contributed by atoms with E-state index in [1.165, 1.54) is 135 Å². The second kappa shape index (κ2) is 23.2. The first-order valence-electron chi connectivity index (χ1n) is 12.1. The van der Waals surface area contributed by atoms with Crippen LogP contribution in [0.2, 0.25) is 0 Å². The Morgan fingerprint density at radius 2 is 0.926 bits per heavy atom. The minimum absolute atomic E-state index is 0.243. The van der Waals surface area contributed by atoms with Gasteiger partial charge in [-0.05, 0) is 12.8 Å². The van der Waals surface area contributed by atoms with Crippen molar-refractivity contribution in [3.8, 4) is 0 Å². The molecule has 27 heavy (non-hydrogen) atoms. The molecule has 0 unspecified atom stereocenters. The van der Waals surface area contributed by atoms with E-state index in [0.29, 0.717) is 0 Å². The Morgan fingerprint density at radius 3 is 1.26 bits per heavy atom. The molecule has 0 aliphatic carbocycles. The van der Waals surface area contributed by atoms with E-state index in [0.717, 1.165) is 6.42 Å². The van der Waals surface area contributed by atoms with E-state index in [-0.39, 0.29) is 5.97 Å². The zero-order valence-corrected chi connectivity index (χ0v) is 18.6. The SMILES string of the molecule is CCCCCCCCCCCCCCCCCCCCCC=CC(=O)OC. The van der Waals surface area contributed by atoms with Crippen LogP contribution in [-0.2, 0) is 9.53 Å². The minimum atomic E-state index is -0.243. The lowest BCUT2D eigenvalue weighted by Gasteiger charge is -2.03. The third kappa shape index (κ3) is 23.2. The topological polar surface area (TPSA) is 26.3 Å². The number of allylic oxidation sites excluding steroid dienone is 1. The van der Waals surface area contributed by atoms with Gasteiger partial charge < -0.3 is 4.74 Å². The Bertz CT molecular complexity index is 322. The molecule has 0 saturated heterocycles. The molecular formula is C25H48O2. The van der Waals surface area contributed by atoms with Gasteiger partial charge in [-0.1, -0.05) is 129 Å². The number of rotatable bonds is 21. The van der Waals surface area contributed by atoms with Gasteiger partial charge in [-0.15, -0.1) is 0 Å². The zero-order valence-electron chi connectivity index (χ0n) is 18.6. The normalized spacial score (nSPS) is 11.3. The number of carbonyl (C=O) groups is 1. The Hall–Kier alpha value is -0.790. The Labute approximate surface area is 170 Å². The molecule has 160 valence electrons. The molecule has 0 rings (SSSR count). The Morgan fingerprint density at radius 1 is 0.593 bits per heavy atom. The van der Waals surface area contributed by atoms with Crippen molar-refractivity contribution < 1.29 is 9.53 Å². The van der Waals surface area contributed by atoms with Crippen molar-refractivity contribution in [3.63, 3.8) is 0 Å². The molecule has 0 bridgehead atoms. The highest BCUT2D eigenvalue weighted by atomic mass is 16.5. The van der Waals surface area contributed by atoms with Gasteiger partial charge >= 0.3 is 5.97 Å². The lowest BCUT2D eigenvalue weighted by molar-refractivity contribution is -0.134. The van der Waals surface area contributed by atoms with E-state index in [1.807, 2.05) is 6.08 Å². The molecule has 0 atom stereocenters. The van der Waals surface area contributed by atoms with Crippen molar-refractivity contribution in [2.75, 3.05) is 7.11 Å². The third-order valence-electron chi connectivity index (χ3n) is 5.43. The van der Waals surface area contributed by atoms with Crippen molar-refractivity contribution in [1.82, 2.24) is 0 Å². The number of methoxy groups -OCH3 is 1. The van der Waals surface area contributed by atoms with Crippen LogP contribution in [0.5, 0.6) is 0 Å². The average molecular weight is 381 g/mol. The maximum Gasteiger partial charge on any atom is 0.330 e. The minimum Gasteiger partial charge on any atom is -0.466 e. The van der Waals surface area contributed by atoms with Gasteiger partial charge in [0.15, 0.2) is 0 Å². The van der Waals surface area contributed by atoms with E-state index in [1.54, 1.807) is 0 Å². The predicted octanol–water partition coefficient (Wildman–Crippen LogP) is 8.54. The van der Waals surface area contributed by atoms with Crippen molar-refractivity contribution in [1.29, 1.82) is 0 Å². The van der Waals surface area contributed by atoms with Gasteiger partial charge in [0.2, 0.25) is 0 Å². The summed E-state index contributed by atoms with van der Waals surface area (Å²) in [6.07, 6.45) is 31.2. The molecule has 2 heteroatoms. The summed E-state index contributed by atoms with van der Waals surface area (Å²) in [6, 6.07) is 0. The Balaban J connectivity index is 3.05. The number of carbonyl (C=O) groups excluding carboxylic acids is 1. The van der Waals surface area contributed by atoms with Gasteiger partial charge in [0.05, 0.1) is 7.11 Å². The first-order valence-corrected chi connectivity index (χ1v) is 12.1. The highest BCUT2D eigenvalue weighted by molar-refractivity contribution is 5.81. The van der Waals surface area contributed by atoms with Gasteiger partial charge in [-0.25, -0.2) is 4.79 Å². The van der Waals surface area contributed by atoms with Crippen molar-refractivity contribution in [2.45, 2.75) is 135 Å². The molecule has 0 fully saturated rings. The fourth-order valence-electron chi connectivity index (χ4n) is 3.59. The molecule has 0 amide bonds. The van der Waals surface area contributed by atoms with E-state index in [2.05, 4.69) is 11.7 Å². The average Bonchev–Trinajstić information content (AvgIpc) is 2.68. The first-order chi connectivity index (χ1) is 13.3. The number of hydrogen-bond donors (Lipinski definition) is 0. The highest BCUT2D eigenvalue weighted by Gasteiger charge is 1.95. The Kier molecular flexibility index (Phi) is 22.6. The van der Waals surface area contributed by atoms with Crippen LogP contribution in [0, 0.1) is 0 Å². The van der Waals surface area contributed by atoms with Gasteiger partial charge in [0.1, 0.15) is 0 Å². The van der Waals surface area contributed by atoms with Crippen molar-refractivity contribution >= 4 is 5.97 Å². The molecule has 0 heterocycles. The summed E-state index contributed by atoms with van der Waals surface area (Å²) in [5.74, 6) is -0.243. The maximum absolute atomic E-state index is 10.9. The summed E-state index contributed by atoms with van der Waals surface area (Å²) in [4.78, 5) is 10.9. The quantitative estimate of drug-likeness (QED) is 0.113. The number of unbranched alkanes of at least 4 members (excludes halogenated alkanes) is 19. The number of hydrogen-bond acceptors (Lipinski definition) is 2. The summed E-state index contributed by atoms with van der Waals surface area (Å²) in [5.41, 5.74) is 0. The zero-order chi connectivity index (χ0) is 19.8. The first kappa shape index (κ1) is 26.2. The largest absolute Gasteiger partial charge is 0.466 e. The lowest BCUT2D eigenvalue weighted by Crippen LogP contribution is -1.93. The fraction of sp³-hybridized carbons (Fsp3) is 0.880. The maximum atomic E-state index is 10.9. The van der Waals surface area contributed by atoms with Crippen LogP contribution < -0.4 is 0 Å². The van der Waals surface area contributed by atoms with E-state index < -0.39 is 0 Å². The van der Waals surface area contributed by atoms with E-state index >= 15 is 0 Å². The number of ether oxygens (including phenoxy) is 1. The van der Waals surface area contributed by atoms with Crippen LogP contribution >= 0.6 is 0 Å². The molecule has 2 nitrogen and oxygen atoms in total. The van der Waals surface area contributed by atoms with Gasteiger partial charge in [-0.3, -0.25) is 0 Å². The van der Waals surface area contributed by atoms with Crippen LogP contribution in [0.3, 0.4) is 0 Å². The molecule has 0 aromatic carbocycles. The summed E-state index contributed by atoms with van der Waals surface area (Å²) >= 11 is 0. The van der Waals surface area contributed by atoms with Crippen LogP contribution in [0.4, 0.5) is 0 Å². The molecule has 0 aromatic rings. The molecule has 0 N–H and O–H groups in total. The van der Waals surface area contributed by atoms with Crippen LogP contribution in [-0.4, -0.2) is 13.1 Å². The molecule has 0 spiro atoms. The van der Waals surface area contributed by atoms with Crippen LogP contribution in [0.1, 0.15) is 135 Å². The van der Waals surface area contributed by atoms with Gasteiger partial charge in [0, 0.05) is 6.08 Å².